The number of aliphatic carboxylic acids is 1. The van der Waals surface area contributed by atoms with Crippen molar-refractivity contribution in [1.29, 1.82) is 0 Å². The number of benzene rings is 4. The number of carbonyl (C=O) groups is 3. The maximum Gasteiger partial charge on any atom is 0.407 e. The van der Waals surface area contributed by atoms with Crippen molar-refractivity contribution in [2.45, 2.75) is 70.9 Å². The fraction of sp³-hybridized carbons (Fsp3) is 0.341. The van der Waals surface area contributed by atoms with E-state index in [0.29, 0.717) is 13.2 Å². The molecular weight excluding hydrogens is 632 g/mol. The Kier molecular flexibility index (Phi) is 11.8. The summed E-state index contributed by atoms with van der Waals surface area (Å²) in [5, 5.41) is 15.3. The molecule has 0 bridgehead atoms. The Balaban J connectivity index is 1.12. The molecule has 0 aliphatic heterocycles. The monoisotopic (exact) mass is 678 g/mol. The zero-order chi connectivity index (χ0) is 35.7. The molecule has 50 heavy (non-hydrogen) atoms. The lowest BCUT2D eigenvalue weighted by molar-refractivity contribution is -0.139. The third-order valence-corrected chi connectivity index (χ3v) is 8.60. The number of carboxylic acid groups (broad SMARTS) is 1. The summed E-state index contributed by atoms with van der Waals surface area (Å²) in [5.41, 5.74) is 7.85. The summed E-state index contributed by atoms with van der Waals surface area (Å²) in [5.74, 6) is -0.487. The Hall–Kier alpha value is -5.31. The molecule has 9 nitrogen and oxygen atoms in total. The largest absolute Gasteiger partial charge is 0.494 e. The van der Waals surface area contributed by atoms with E-state index >= 15 is 0 Å². The maximum atomic E-state index is 12.9. The maximum absolute atomic E-state index is 12.9. The first-order chi connectivity index (χ1) is 24.0. The van der Waals surface area contributed by atoms with E-state index in [9.17, 15) is 19.5 Å². The summed E-state index contributed by atoms with van der Waals surface area (Å²) >= 11 is 0. The van der Waals surface area contributed by atoms with Crippen molar-refractivity contribution in [2.75, 3.05) is 19.8 Å². The van der Waals surface area contributed by atoms with Crippen LogP contribution in [0.25, 0.3) is 22.3 Å². The second-order valence-electron chi connectivity index (χ2n) is 13.4. The number of carbonyl (C=O) groups excluding carboxylic acids is 2. The van der Waals surface area contributed by atoms with Crippen LogP contribution in [0.3, 0.4) is 0 Å². The molecule has 1 atom stereocenters. The fourth-order valence-electron chi connectivity index (χ4n) is 6.22. The summed E-state index contributed by atoms with van der Waals surface area (Å²) in [6, 6.07) is 28.8. The SMILES string of the molecule is CCc1cc(C[C@H](NC(=O)OCC2c3ccccc3-c3ccccc32)C(=O)O)ccc1-c1ccc(OCCCCNC(=O)OC(C)(C)C)cc1. The van der Waals surface area contributed by atoms with Crippen LogP contribution in [0.2, 0.25) is 0 Å². The van der Waals surface area contributed by atoms with E-state index in [4.69, 9.17) is 14.2 Å². The van der Waals surface area contributed by atoms with Crippen LogP contribution >= 0.6 is 0 Å². The van der Waals surface area contributed by atoms with Gasteiger partial charge in [-0.2, -0.15) is 0 Å². The van der Waals surface area contributed by atoms with E-state index in [1.807, 2.05) is 99.6 Å². The zero-order valence-corrected chi connectivity index (χ0v) is 29.2. The van der Waals surface area contributed by atoms with Crippen molar-refractivity contribution in [3.8, 4) is 28.0 Å². The highest BCUT2D eigenvalue weighted by atomic mass is 16.6. The number of ether oxygens (including phenoxy) is 3. The van der Waals surface area contributed by atoms with Gasteiger partial charge in [0.1, 0.15) is 24.0 Å². The van der Waals surface area contributed by atoms with Crippen LogP contribution in [0.1, 0.15) is 68.7 Å². The van der Waals surface area contributed by atoms with Crippen LogP contribution in [0, 0.1) is 0 Å². The average molecular weight is 679 g/mol. The van der Waals surface area contributed by atoms with E-state index < -0.39 is 29.8 Å². The Bertz CT molecular complexity index is 1750. The Labute approximate surface area is 294 Å². The molecule has 0 unspecified atom stereocenters. The van der Waals surface area contributed by atoms with Crippen LogP contribution in [0.4, 0.5) is 9.59 Å². The second-order valence-corrected chi connectivity index (χ2v) is 13.4. The number of alkyl carbamates (subject to hydrolysis) is 2. The van der Waals surface area contributed by atoms with Crippen LogP contribution in [0.15, 0.2) is 91.0 Å². The van der Waals surface area contributed by atoms with Crippen LogP contribution in [-0.2, 0) is 27.1 Å². The van der Waals surface area contributed by atoms with Crippen molar-refractivity contribution >= 4 is 18.2 Å². The van der Waals surface area contributed by atoms with Crippen molar-refractivity contribution in [3.63, 3.8) is 0 Å². The molecule has 0 fully saturated rings. The lowest BCUT2D eigenvalue weighted by atomic mass is 9.94. The lowest BCUT2D eigenvalue weighted by Gasteiger charge is -2.19. The van der Waals surface area contributed by atoms with Gasteiger partial charge in [0.05, 0.1) is 6.61 Å². The van der Waals surface area contributed by atoms with Gasteiger partial charge in [-0.3, -0.25) is 0 Å². The van der Waals surface area contributed by atoms with E-state index in [1.54, 1.807) is 0 Å². The summed E-state index contributed by atoms with van der Waals surface area (Å²) < 4.78 is 16.7. The molecule has 1 aliphatic carbocycles. The highest BCUT2D eigenvalue weighted by Crippen LogP contribution is 2.44. The van der Waals surface area contributed by atoms with Crippen molar-refractivity contribution in [2.24, 2.45) is 0 Å². The van der Waals surface area contributed by atoms with Gasteiger partial charge in [-0.25, -0.2) is 14.4 Å². The third kappa shape index (κ3) is 9.43. The Morgan fingerprint density at radius 2 is 1.48 bits per heavy atom. The van der Waals surface area contributed by atoms with E-state index in [2.05, 4.69) is 29.7 Å². The standard InChI is InChI=1S/C41H46N2O7/c1-5-28-24-27(16-21-31(28)29-17-19-30(20-18-29)48-23-11-10-22-42-39(46)50-41(2,3)4)25-37(38(44)45)43-40(47)49-26-36-34-14-8-6-12-32(34)33-13-7-9-15-35(33)36/h6-9,12-21,24,36-37H,5,10-11,22-23,25-26H2,1-4H3,(H,42,46)(H,43,47)(H,44,45)/t37-/m0/s1. The number of carboxylic acids is 1. The van der Waals surface area contributed by atoms with Gasteiger partial charge in [0, 0.05) is 18.9 Å². The van der Waals surface area contributed by atoms with Gasteiger partial charge >= 0.3 is 18.2 Å². The van der Waals surface area contributed by atoms with Gasteiger partial charge in [-0.05, 0) is 96.7 Å². The number of unbranched alkanes of at least 4 members (excludes halogenated alkanes) is 1. The molecule has 5 rings (SSSR count). The Morgan fingerprint density at radius 1 is 0.820 bits per heavy atom. The topological polar surface area (TPSA) is 123 Å². The molecule has 4 aromatic carbocycles. The van der Waals surface area contributed by atoms with Crippen LogP contribution in [-0.4, -0.2) is 54.7 Å². The van der Waals surface area contributed by atoms with Crippen molar-refractivity contribution < 1.29 is 33.7 Å². The molecule has 0 saturated carbocycles. The molecule has 2 amide bonds. The first-order valence-electron chi connectivity index (χ1n) is 17.2. The smallest absolute Gasteiger partial charge is 0.407 e. The van der Waals surface area contributed by atoms with Crippen LogP contribution < -0.4 is 15.4 Å². The van der Waals surface area contributed by atoms with Gasteiger partial charge in [0.15, 0.2) is 0 Å². The summed E-state index contributed by atoms with van der Waals surface area (Å²) in [6.45, 7) is 8.71. The van der Waals surface area contributed by atoms with Gasteiger partial charge in [-0.15, -0.1) is 0 Å². The van der Waals surface area contributed by atoms with Gasteiger partial charge < -0.3 is 30.0 Å². The fourth-order valence-corrected chi connectivity index (χ4v) is 6.22. The Morgan fingerprint density at radius 3 is 2.10 bits per heavy atom. The first kappa shape index (κ1) is 36.0. The normalized spacial score (nSPS) is 12.7. The molecule has 1 aliphatic rings. The number of aryl methyl sites for hydroxylation is 1. The summed E-state index contributed by atoms with van der Waals surface area (Å²) in [7, 11) is 0. The summed E-state index contributed by atoms with van der Waals surface area (Å²) in [4.78, 5) is 36.8. The molecule has 0 aromatic heterocycles. The predicted molar refractivity (Wildman–Crippen MR) is 194 cm³/mol. The lowest BCUT2D eigenvalue weighted by Crippen LogP contribution is -2.42. The first-order valence-corrected chi connectivity index (χ1v) is 17.2. The van der Waals surface area contributed by atoms with Crippen molar-refractivity contribution in [3.05, 3.63) is 113 Å². The minimum absolute atomic E-state index is 0.109. The van der Waals surface area contributed by atoms with Crippen LogP contribution in [0.5, 0.6) is 5.75 Å². The summed E-state index contributed by atoms with van der Waals surface area (Å²) in [6.07, 6.45) is 1.25. The number of hydrogen-bond acceptors (Lipinski definition) is 6. The minimum Gasteiger partial charge on any atom is -0.494 e. The van der Waals surface area contributed by atoms with Gasteiger partial charge in [-0.1, -0.05) is 85.8 Å². The molecule has 0 saturated heterocycles. The second kappa shape index (κ2) is 16.4. The molecule has 3 N–H and O–H groups in total. The highest BCUT2D eigenvalue weighted by molar-refractivity contribution is 5.81. The van der Waals surface area contributed by atoms with Crippen molar-refractivity contribution in [1.82, 2.24) is 10.6 Å². The highest BCUT2D eigenvalue weighted by Gasteiger charge is 2.30. The molecule has 0 radical (unpaired) electrons. The zero-order valence-electron chi connectivity index (χ0n) is 29.2. The van der Waals surface area contributed by atoms with E-state index in [-0.39, 0.29) is 18.9 Å². The number of fused-ring (bicyclic) bond motifs is 3. The number of amides is 2. The van der Waals surface area contributed by atoms with Gasteiger partial charge in [0.25, 0.3) is 0 Å². The number of rotatable bonds is 14. The van der Waals surface area contributed by atoms with E-state index in [0.717, 1.165) is 69.5 Å². The molecule has 9 heteroatoms. The molecule has 4 aromatic rings. The minimum atomic E-state index is -1.15. The third-order valence-electron chi connectivity index (χ3n) is 8.60. The number of nitrogens with one attached hydrogen (secondary N) is 2. The predicted octanol–water partition coefficient (Wildman–Crippen LogP) is 8.13. The quantitative estimate of drug-likeness (QED) is 0.115. The average Bonchev–Trinajstić information content (AvgIpc) is 3.41. The van der Waals surface area contributed by atoms with E-state index in [1.165, 1.54) is 0 Å². The molecular formula is C41H46N2O7. The number of hydrogen-bond donors (Lipinski definition) is 3. The van der Waals surface area contributed by atoms with Gasteiger partial charge in [0.2, 0.25) is 0 Å². The molecule has 262 valence electrons. The molecule has 0 spiro atoms. The molecule has 0 heterocycles.